The lowest BCUT2D eigenvalue weighted by Gasteiger charge is -2.09. The smallest absolute Gasteiger partial charge is 0.243 e. The van der Waals surface area contributed by atoms with Crippen LogP contribution in [0.4, 0.5) is 5.95 Å². The summed E-state index contributed by atoms with van der Waals surface area (Å²) in [7, 11) is 0. The quantitative estimate of drug-likeness (QED) is 0.745. The van der Waals surface area contributed by atoms with E-state index in [2.05, 4.69) is 15.3 Å². The van der Waals surface area contributed by atoms with E-state index in [4.69, 9.17) is 5.73 Å². The number of carbonyl (C=O) groups is 1. The van der Waals surface area contributed by atoms with Gasteiger partial charge in [0.2, 0.25) is 11.9 Å². The van der Waals surface area contributed by atoms with Gasteiger partial charge in [-0.3, -0.25) is 10.1 Å². The number of H-pyrrole nitrogens is 1. The number of aryl methyl sites for hydroxylation is 1. The first-order valence-electron chi connectivity index (χ1n) is 4.70. The van der Waals surface area contributed by atoms with Crippen molar-refractivity contribution >= 4 is 36.0 Å². The summed E-state index contributed by atoms with van der Waals surface area (Å²) < 4.78 is 0. The summed E-state index contributed by atoms with van der Waals surface area (Å²) in [6, 6.07) is -0.470. The molecule has 1 heterocycles. The third-order valence-corrected chi connectivity index (χ3v) is 2.56. The highest BCUT2D eigenvalue weighted by Gasteiger charge is 2.13. The Hall–Kier alpha value is -0.720. The van der Waals surface area contributed by atoms with Crippen LogP contribution >= 0.6 is 24.2 Å². The summed E-state index contributed by atoms with van der Waals surface area (Å²) in [4.78, 5) is 18.4. The highest BCUT2D eigenvalue weighted by atomic mass is 35.5. The van der Waals surface area contributed by atoms with E-state index in [-0.39, 0.29) is 18.3 Å². The van der Waals surface area contributed by atoms with Crippen LogP contribution in [-0.4, -0.2) is 33.9 Å². The number of anilines is 1. The van der Waals surface area contributed by atoms with Gasteiger partial charge in [0.15, 0.2) is 0 Å². The largest absolute Gasteiger partial charge is 0.328 e. The molecule has 0 aliphatic carbocycles. The Labute approximate surface area is 105 Å². The second-order valence-electron chi connectivity index (χ2n) is 3.29. The number of hydrogen-bond acceptors (Lipinski definition) is 4. The van der Waals surface area contributed by atoms with Crippen molar-refractivity contribution in [1.82, 2.24) is 9.97 Å². The Kier molecular flexibility index (Phi) is 7.20. The molecular weight excluding hydrogens is 248 g/mol. The maximum atomic E-state index is 11.5. The lowest BCUT2D eigenvalue weighted by Crippen LogP contribution is -2.36. The van der Waals surface area contributed by atoms with Crippen LogP contribution in [0.5, 0.6) is 0 Å². The molecule has 4 N–H and O–H groups in total. The molecule has 0 unspecified atom stereocenters. The minimum Gasteiger partial charge on any atom is -0.328 e. The molecule has 7 heteroatoms. The minimum atomic E-state index is -0.470. The number of carbonyl (C=O) groups excluding carboxylic acids is 1. The van der Waals surface area contributed by atoms with Crippen LogP contribution in [0.25, 0.3) is 0 Å². The van der Waals surface area contributed by atoms with E-state index in [0.29, 0.717) is 12.4 Å². The van der Waals surface area contributed by atoms with Crippen molar-refractivity contribution < 1.29 is 4.79 Å². The fourth-order valence-corrected chi connectivity index (χ4v) is 1.55. The van der Waals surface area contributed by atoms with E-state index in [1.807, 2.05) is 13.2 Å². The molecule has 16 heavy (non-hydrogen) atoms. The molecule has 0 aliphatic heterocycles. The molecule has 5 nitrogen and oxygen atoms in total. The van der Waals surface area contributed by atoms with Gasteiger partial charge in [-0.25, -0.2) is 4.98 Å². The summed E-state index contributed by atoms with van der Waals surface area (Å²) in [6.45, 7) is 1.87. The zero-order valence-corrected chi connectivity index (χ0v) is 11.0. The first kappa shape index (κ1) is 15.3. The van der Waals surface area contributed by atoms with E-state index in [9.17, 15) is 4.79 Å². The van der Waals surface area contributed by atoms with Gasteiger partial charge in [0.25, 0.3) is 0 Å². The molecule has 0 radical (unpaired) electrons. The van der Waals surface area contributed by atoms with E-state index >= 15 is 0 Å². The third-order valence-electron chi connectivity index (χ3n) is 1.91. The number of halogens is 1. The summed E-state index contributed by atoms with van der Waals surface area (Å²) in [6.07, 6.45) is 4.32. The highest BCUT2D eigenvalue weighted by molar-refractivity contribution is 7.98. The first-order valence-corrected chi connectivity index (χ1v) is 6.10. The monoisotopic (exact) mass is 264 g/mol. The summed E-state index contributed by atoms with van der Waals surface area (Å²) in [5.74, 6) is 1.14. The number of hydrogen-bond donors (Lipinski definition) is 3. The van der Waals surface area contributed by atoms with E-state index in [1.54, 1.807) is 18.0 Å². The van der Waals surface area contributed by atoms with Crippen molar-refractivity contribution in [2.45, 2.75) is 19.4 Å². The van der Waals surface area contributed by atoms with Gasteiger partial charge >= 0.3 is 0 Å². The summed E-state index contributed by atoms with van der Waals surface area (Å²) in [5.41, 5.74) is 6.60. The number of nitrogens with two attached hydrogens (primary N) is 1. The number of thioether (sulfide) groups is 1. The van der Waals surface area contributed by atoms with Crippen LogP contribution < -0.4 is 11.1 Å². The molecule has 0 bridgehead atoms. The van der Waals surface area contributed by atoms with Crippen molar-refractivity contribution in [1.29, 1.82) is 0 Å². The second-order valence-corrected chi connectivity index (χ2v) is 4.28. The van der Waals surface area contributed by atoms with Crippen LogP contribution in [0, 0.1) is 6.92 Å². The molecule has 0 saturated heterocycles. The Morgan fingerprint density at radius 1 is 1.75 bits per heavy atom. The minimum absolute atomic E-state index is 0. The fourth-order valence-electron chi connectivity index (χ4n) is 1.06. The summed E-state index contributed by atoms with van der Waals surface area (Å²) in [5, 5.41) is 2.63. The molecule has 0 aliphatic rings. The predicted octanol–water partition coefficient (Wildman–Crippen LogP) is 1.16. The van der Waals surface area contributed by atoms with Crippen LogP contribution in [-0.2, 0) is 4.79 Å². The van der Waals surface area contributed by atoms with Crippen molar-refractivity contribution in [2.24, 2.45) is 5.73 Å². The van der Waals surface area contributed by atoms with E-state index in [0.717, 1.165) is 11.4 Å². The normalized spacial score (nSPS) is 11.7. The molecule has 0 aromatic carbocycles. The number of nitrogens with one attached hydrogen (secondary N) is 2. The van der Waals surface area contributed by atoms with Gasteiger partial charge in [0.1, 0.15) is 0 Å². The molecule has 0 spiro atoms. The number of aromatic amines is 1. The predicted molar refractivity (Wildman–Crippen MR) is 70.2 cm³/mol. The Morgan fingerprint density at radius 3 is 2.94 bits per heavy atom. The average molecular weight is 265 g/mol. The number of amides is 1. The molecule has 92 valence electrons. The SMILES string of the molecule is CSCC[C@H](N)C(=O)Nc1ncc(C)[nH]1.Cl. The number of rotatable bonds is 5. The maximum absolute atomic E-state index is 11.5. The molecule has 1 aromatic rings. The van der Waals surface area contributed by atoms with Crippen molar-refractivity contribution in [3.05, 3.63) is 11.9 Å². The highest BCUT2D eigenvalue weighted by Crippen LogP contribution is 2.03. The van der Waals surface area contributed by atoms with Gasteiger partial charge in [-0.05, 0) is 25.4 Å². The topological polar surface area (TPSA) is 83.8 Å². The molecular formula is C9H17ClN4OS. The number of nitrogens with zero attached hydrogens (tertiary/aromatic N) is 1. The van der Waals surface area contributed by atoms with Crippen molar-refractivity contribution in [3.8, 4) is 0 Å². The average Bonchev–Trinajstić information content (AvgIpc) is 2.60. The molecule has 1 aromatic heterocycles. The van der Waals surface area contributed by atoms with Gasteiger partial charge in [-0.15, -0.1) is 12.4 Å². The maximum Gasteiger partial charge on any atom is 0.243 e. The van der Waals surface area contributed by atoms with Crippen molar-refractivity contribution in [2.75, 3.05) is 17.3 Å². The Balaban J connectivity index is 0.00000225. The van der Waals surface area contributed by atoms with E-state index in [1.165, 1.54) is 0 Å². The Morgan fingerprint density at radius 2 is 2.44 bits per heavy atom. The molecule has 0 saturated carbocycles. The van der Waals surface area contributed by atoms with Gasteiger partial charge < -0.3 is 10.7 Å². The van der Waals surface area contributed by atoms with Crippen LogP contribution in [0.3, 0.4) is 0 Å². The van der Waals surface area contributed by atoms with Gasteiger partial charge in [0, 0.05) is 11.9 Å². The fraction of sp³-hybridized carbons (Fsp3) is 0.556. The second kappa shape index (κ2) is 7.54. The lowest BCUT2D eigenvalue weighted by molar-refractivity contribution is -0.117. The molecule has 1 amide bonds. The Bertz CT molecular complexity index is 331. The first-order chi connectivity index (χ1) is 7.13. The zero-order valence-electron chi connectivity index (χ0n) is 9.32. The van der Waals surface area contributed by atoms with Gasteiger partial charge in [-0.2, -0.15) is 11.8 Å². The number of imidazole rings is 1. The summed E-state index contributed by atoms with van der Waals surface area (Å²) >= 11 is 1.67. The van der Waals surface area contributed by atoms with E-state index < -0.39 is 6.04 Å². The van der Waals surface area contributed by atoms with Crippen LogP contribution in [0.15, 0.2) is 6.20 Å². The zero-order chi connectivity index (χ0) is 11.3. The lowest BCUT2D eigenvalue weighted by atomic mass is 10.2. The standard InChI is InChI=1S/C9H16N4OS.ClH/c1-6-5-11-9(12-6)13-8(14)7(10)3-4-15-2;/h5,7H,3-4,10H2,1-2H3,(H2,11,12,13,14);1H/t7-;/m0./s1. The third kappa shape index (κ3) is 4.87. The van der Waals surface area contributed by atoms with Gasteiger partial charge in [-0.1, -0.05) is 0 Å². The molecule has 1 rings (SSSR count). The molecule has 1 atom stereocenters. The van der Waals surface area contributed by atoms with Crippen LogP contribution in [0.1, 0.15) is 12.1 Å². The van der Waals surface area contributed by atoms with Crippen molar-refractivity contribution in [3.63, 3.8) is 0 Å². The molecule has 0 fully saturated rings. The number of aromatic nitrogens is 2. The van der Waals surface area contributed by atoms with Crippen LogP contribution in [0.2, 0.25) is 0 Å². The van der Waals surface area contributed by atoms with Gasteiger partial charge in [0.05, 0.1) is 6.04 Å².